The quantitative estimate of drug-likeness (QED) is 0.863. The van der Waals surface area contributed by atoms with Crippen LogP contribution in [0.4, 0.5) is 0 Å². The van der Waals surface area contributed by atoms with Gasteiger partial charge in [-0.2, -0.15) is 5.10 Å². The maximum absolute atomic E-state index is 11.9. The fraction of sp³-hybridized carbons (Fsp3) is 0.562. The van der Waals surface area contributed by atoms with Crippen molar-refractivity contribution in [1.82, 2.24) is 24.5 Å². The SMILES string of the molecule is CCCS(=O)(=O)NC1CCC(n2cc(-c3ccncn3)cn2)CC1. The van der Waals surface area contributed by atoms with E-state index in [-0.39, 0.29) is 11.8 Å². The van der Waals surface area contributed by atoms with E-state index in [1.165, 1.54) is 6.33 Å². The Labute approximate surface area is 142 Å². The fourth-order valence-electron chi connectivity index (χ4n) is 3.17. The third-order valence-electron chi connectivity index (χ3n) is 4.37. The molecule has 2 aromatic rings. The lowest BCUT2D eigenvalue weighted by atomic mass is 9.92. The van der Waals surface area contributed by atoms with Gasteiger partial charge in [0.2, 0.25) is 10.0 Å². The molecule has 0 radical (unpaired) electrons. The molecule has 1 fully saturated rings. The second-order valence-corrected chi connectivity index (χ2v) is 8.12. The van der Waals surface area contributed by atoms with E-state index in [1.54, 1.807) is 6.20 Å². The summed E-state index contributed by atoms with van der Waals surface area (Å²) in [6.07, 6.45) is 11.2. The summed E-state index contributed by atoms with van der Waals surface area (Å²) < 4.78 is 28.5. The van der Waals surface area contributed by atoms with Crippen molar-refractivity contribution in [2.45, 2.75) is 51.1 Å². The minimum absolute atomic E-state index is 0.0506. The molecule has 130 valence electrons. The van der Waals surface area contributed by atoms with Crippen LogP contribution < -0.4 is 4.72 Å². The van der Waals surface area contributed by atoms with Crippen LogP contribution in [-0.2, 0) is 10.0 Å². The zero-order valence-electron chi connectivity index (χ0n) is 13.8. The Morgan fingerprint density at radius 2 is 2.08 bits per heavy atom. The molecule has 24 heavy (non-hydrogen) atoms. The van der Waals surface area contributed by atoms with Gasteiger partial charge in [-0.3, -0.25) is 4.68 Å². The standard InChI is InChI=1S/C16H23N5O2S/c1-2-9-24(22,23)20-14-3-5-15(6-4-14)21-11-13(10-19-21)16-7-8-17-12-18-16/h7-8,10-12,14-15,20H,2-6,9H2,1H3. The minimum atomic E-state index is -3.13. The number of sulfonamides is 1. The summed E-state index contributed by atoms with van der Waals surface area (Å²) in [5.74, 6) is 0.203. The molecule has 0 bridgehead atoms. The van der Waals surface area contributed by atoms with Crippen LogP contribution in [0.1, 0.15) is 45.1 Å². The zero-order valence-corrected chi connectivity index (χ0v) is 14.6. The summed E-state index contributed by atoms with van der Waals surface area (Å²) in [5, 5.41) is 4.46. The molecule has 7 nitrogen and oxygen atoms in total. The number of nitrogens with zero attached hydrogens (tertiary/aromatic N) is 4. The second-order valence-electron chi connectivity index (χ2n) is 6.25. The molecule has 1 saturated carbocycles. The average Bonchev–Trinajstić information content (AvgIpc) is 3.06. The summed E-state index contributed by atoms with van der Waals surface area (Å²) in [4.78, 5) is 8.16. The van der Waals surface area contributed by atoms with Crippen molar-refractivity contribution >= 4 is 10.0 Å². The van der Waals surface area contributed by atoms with E-state index in [1.807, 2.05) is 30.1 Å². The lowest BCUT2D eigenvalue weighted by Crippen LogP contribution is -2.39. The van der Waals surface area contributed by atoms with E-state index in [4.69, 9.17) is 0 Å². The van der Waals surface area contributed by atoms with Crippen molar-refractivity contribution in [3.05, 3.63) is 31.0 Å². The molecular formula is C16H23N5O2S. The number of nitrogens with one attached hydrogen (secondary N) is 1. The Morgan fingerprint density at radius 1 is 1.29 bits per heavy atom. The third-order valence-corrected chi connectivity index (χ3v) is 6.01. The first-order chi connectivity index (χ1) is 11.6. The fourth-order valence-corrected chi connectivity index (χ4v) is 4.57. The van der Waals surface area contributed by atoms with Crippen LogP contribution in [0.25, 0.3) is 11.3 Å². The molecule has 2 heterocycles. The van der Waals surface area contributed by atoms with Crippen LogP contribution in [0.5, 0.6) is 0 Å². The highest BCUT2D eigenvalue weighted by Gasteiger charge is 2.25. The number of hydrogen-bond acceptors (Lipinski definition) is 5. The summed E-state index contributed by atoms with van der Waals surface area (Å²) in [7, 11) is -3.13. The average molecular weight is 349 g/mol. The summed E-state index contributed by atoms with van der Waals surface area (Å²) in [5.41, 5.74) is 1.83. The van der Waals surface area contributed by atoms with Crippen molar-refractivity contribution in [3.8, 4) is 11.3 Å². The number of rotatable bonds is 6. The van der Waals surface area contributed by atoms with Gasteiger partial charge in [0.1, 0.15) is 6.33 Å². The Bertz CT molecular complexity index is 752. The Balaban J connectivity index is 1.58. The van der Waals surface area contributed by atoms with Gasteiger partial charge >= 0.3 is 0 Å². The first-order valence-electron chi connectivity index (χ1n) is 8.38. The number of aromatic nitrogens is 4. The second kappa shape index (κ2) is 7.40. The van der Waals surface area contributed by atoms with Crippen molar-refractivity contribution in [3.63, 3.8) is 0 Å². The van der Waals surface area contributed by atoms with E-state index >= 15 is 0 Å². The van der Waals surface area contributed by atoms with Crippen molar-refractivity contribution in [1.29, 1.82) is 0 Å². The van der Waals surface area contributed by atoms with Gasteiger partial charge in [0.05, 0.1) is 23.7 Å². The van der Waals surface area contributed by atoms with Gasteiger partial charge in [-0.15, -0.1) is 0 Å². The Morgan fingerprint density at radius 3 is 2.75 bits per heavy atom. The van der Waals surface area contributed by atoms with E-state index in [2.05, 4.69) is 19.8 Å². The molecule has 1 N–H and O–H groups in total. The summed E-state index contributed by atoms with van der Waals surface area (Å²) >= 11 is 0. The highest BCUT2D eigenvalue weighted by atomic mass is 32.2. The van der Waals surface area contributed by atoms with Crippen LogP contribution in [0, 0.1) is 0 Å². The smallest absolute Gasteiger partial charge is 0.211 e. The molecule has 0 aromatic carbocycles. The maximum Gasteiger partial charge on any atom is 0.211 e. The van der Waals surface area contributed by atoms with Crippen LogP contribution in [-0.4, -0.2) is 40.0 Å². The molecule has 0 saturated heterocycles. The topological polar surface area (TPSA) is 89.8 Å². The first-order valence-corrected chi connectivity index (χ1v) is 10.0. The molecular weight excluding hydrogens is 326 g/mol. The highest BCUT2D eigenvalue weighted by Crippen LogP contribution is 2.29. The van der Waals surface area contributed by atoms with Gasteiger partial charge in [-0.25, -0.2) is 23.1 Å². The van der Waals surface area contributed by atoms with Gasteiger partial charge in [0.15, 0.2) is 0 Å². The maximum atomic E-state index is 11.9. The van der Waals surface area contributed by atoms with Crippen LogP contribution >= 0.6 is 0 Å². The molecule has 0 amide bonds. The zero-order chi connectivity index (χ0) is 17.0. The highest BCUT2D eigenvalue weighted by molar-refractivity contribution is 7.89. The van der Waals surface area contributed by atoms with Crippen LogP contribution in [0.2, 0.25) is 0 Å². The van der Waals surface area contributed by atoms with Gasteiger partial charge in [0, 0.05) is 24.0 Å². The van der Waals surface area contributed by atoms with Gasteiger partial charge in [-0.1, -0.05) is 6.92 Å². The van der Waals surface area contributed by atoms with E-state index in [0.717, 1.165) is 36.9 Å². The summed E-state index contributed by atoms with van der Waals surface area (Å²) in [6.45, 7) is 1.88. The Kier molecular flexibility index (Phi) is 5.25. The largest absolute Gasteiger partial charge is 0.269 e. The molecule has 0 aliphatic heterocycles. The molecule has 1 aliphatic rings. The monoisotopic (exact) mass is 349 g/mol. The summed E-state index contributed by atoms with van der Waals surface area (Å²) in [6, 6.07) is 2.23. The van der Waals surface area contributed by atoms with Crippen LogP contribution in [0.3, 0.4) is 0 Å². The van der Waals surface area contributed by atoms with Crippen LogP contribution in [0.15, 0.2) is 31.0 Å². The molecule has 0 unspecified atom stereocenters. The Hall–Kier alpha value is -1.80. The molecule has 2 aromatic heterocycles. The molecule has 1 aliphatic carbocycles. The lowest BCUT2D eigenvalue weighted by Gasteiger charge is -2.29. The van der Waals surface area contributed by atoms with Gasteiger partial charge in [-0.05, 0) is 38.2 Å². The van der Waals surface area contributed by atoms with Crippen molar-refractivity contribution in [2.24, 2.45) is 0 Å². The number of hydrogen-bond donors (Lipinski definition) is 1. The van der Waals surface area contributed by atoms with E-state index in [9.17, 15) is 8.42 Å². The van der Waals surface area contributed by atoms with E-state index < -0.39 is 10.0 Å². The molecule has 3 rings (SSSR count). The predicted molar refractivity (Wildman–Crippen MR) is 91.8 cm³/mol. The normalized spacial score (nSPS) is 21.7. The molecule has 8 heteroatoms. The van der Waals surface area contributed by atoms with Gasteiger partial charge < -0.3 is 0 Å². The van der Waals surface area contributed by atoms with Gasteiger partial charge in [0.25, 0.3) is 0 Å². The lowest BCUT2D eigenvalue weighted by molar-refractivity contribution is 0.294. The first kappa shape index (κ1) is 17.0. The van der Waals surface area contributed by atoms with E-state index in [0.29, 0.717) is 12.5 Å². The van der Waals surface area contributed by atoms with Crippen molar-refractivity contribution < 1.29 is 8.42 Å². The predicted octanol–water partition coefficient (Wildman–Crippen LogP) is 2.15. The third kappa shape index (κ3) is 4.18. The minimum Gasteiger partial charge on any atom is -0.269 e. The molecule has 0 atom stereocenters. The van der Waals surface area contributed by atoms with Crippen molar-refractivity contribution in [2.75, 3.05) is 5.75 Å². The molecule has 0 spiro atoms.